The molecule has 3 aromatic carbocycles. The molecule has 0 bridgehead atoms. The largest absolute Gasteiger partial charge is 0.748 e. The van der Waals surface area contributed by atoms with Gasteiger partial charge in [0.15, 0.2) is 12.3 Å². The van der Waals surface area contributed by atoms with E-state index in [9.17, 15) is 25.9 Å². The number of hydrogen-bond donors (Lipinski definition) is 0. The monoisotopic (exact) mass is 675 g/mol. The zero-order chi connectivity index (χ0) is 30.4. The molecule has 1 aliphatic rings. The number of thiazole rings is 1. The standard InChI is InChI=1S/C29H25ClN2O7S4/c30-20-8-10-27-24(16-20)32(12-4-14-43(36,37)38)29(41-27)17-28-31(11-3-13-42(33,34)35)23-15-19(7-9-25(23)39-28)22-18-40-26-6-2-1-5-21(22)26/h1-2,5-10,15-18H,3-4,11-14H2,(H-,33,34,35,36,37,38)/p-1. The Morgan fingerprint density at radius 2 is 1.70 bits per heavy atom. The molecule has 0 aliphatic carbocycles. The summed E-state index contributed by atoms with van der Waals surface area (Å²) in [4.78, 5) is 1.85. The van der Waals surface area contributed by atoms with Crippen molar-refractivity contribution in [3.63, 3.8) is 0 Å². The van der Waals surface area contributed by atoms with Crippen LogP contribution in [0.3, 0.4) is 0 Å². The van der Waals surface area contributed by atoms with E-state index in [0.29, 0.717) is 21.7 Å². The zero-order valence-corrected chi connectivity index (χ0v) is 26.5. The molecule has 0 radical (unpaired) electrons. The summed E-state index contributed by atoms with van der Waals surface area (Å²) in [5.41, 5.74) is 3.54. The number of thiophene rings is 1. The molecule has 0 saturated carbocycles. The summed E-state index contributed by atoms with van der Waals surface area (Å²) in [6.07, 6.45) is 1.99. The molecule has 0 spiro atoms. The molecule has 1 aliphatic heterocycles. The highest BCUT2D eigenvalue weighted by Gasteiger charge is 2.30. The molecule has 5 aromatic rings. The number of halogens is 1. The lowest BCUT2D eigenvalue weighted by atomic mass is 10.0. The van der Waals surface area contributed by atoms with Gasteiger partial charge in [-0.2, -0.15) is 4.57 Å². The maximum absolute atomic E-state index is 11.4. The summed E-state index contributed by atoms with van der Waals surface area (Å²) in [5.74, 6) is -0.0290. The zero-order valence-electron chi connectivity index (χ0n) is 22.4. The Hall–Kier alpha value is -3.04. The fourth-order valence-corrected chi connectivity index (χ4v) is 8.32. The van der Waals surface area contributed by atoms with E-state index in [1.54, 1.807) is 29.5 Å². The molecule has 6 rings (SSSR count). The predicted molar refractivity (Wildman–Crippen MR) is 169 cm³/mol. The van der Waals surface area contributed by atoms with Gasteiger partial charge in [-0.25, -0.2) is 16.8 Å². The van der Waals surface area contributed by atoms with Gasteiger partial charge in [-0.05, 0) is 47.7 Å². The van der Waals surface area contributed by atoms with E-state index in [1.807, 2.05) is 45.9 Å². The Bertz CT molecular complexity index is 2100. The van der Waals surface area contributed by atoms with Gasteiger partial charge in [0.25, 0.3) is 5.01 Å². The topological polar surface area (TPSA) is 131 Å². The Morgan fingerprint density at radius 1 is 0.930 bits per heavy atom. The minimum absolute atomic E-state index is 0.0843. The van der Waals surface area contributed by atoms with E-state index in [4.69, 9.17) is 16.3 Å². The van der Waals surface area contributed by atoms with Gasteiger partial charge in [0.2, 0.25) is 11.4 Å². The third kappa shape index (κ3) is 6.73. The van der Waals surface area contributed by atoms with Crippen molar-refractivity contribution in [1.82, 2.24) is 0 Å². The highest BCUT2D eigenvalue weighted by Crippen LogP contribution is 2.44. The van der Waals surface area contributed by atoms with E-state index >= 15 is 0 Å². The Labute approximate surface area is 261 Å². The van der Waals surface area contributed by atoms with E-state index in [1.165, 1.54) is 11.3 Å². The molecule has 2 aromatic heterocycles. The number of nitrogens with zero attached hydrogens (tertiary/aromatic N) is 2. The fourth-order valence-electron chi connectivity index (χ4n) is 5.12. The third-order valence-electron chi connectivity index (χ3n) is 7.01. The minimum Gasteiger partial charge on any atom is -0.748 e. The van der Waals surface area contributed by atoms with Crippen LogP contribution < -0.4 is 14.2 Å². The molecule has 0 unspecified atom stereocenters. The maximum atomic E-state index is 11.4. The van der Waals surface area contributed by atoms with Crippen molar-refractivity contribution in [3.05, 3.63) is 82.0 Å². The van der Waals surface area contributed by atoms with Gasteiger partial charge in [-0.1, -0.05) is 47.2 Å². The summed E-state index contributed by atoms with van der Waals surface area (Å²) in [6.45, 7) is 0.455. The summed E-state index contributed by atoms with van der Waals surface area (Å²) >= 11 is 9.36. The van der Waals surface area contributed by atoms with Gasteiger partial charge >= 0.3 is 0 Å². The summed E-state index contributed by atoms with van der Waals surface area (Å²) in [7, 11) is -8.80. The second-order valence-electron chi connectivity index (χ2n) is 10.00. The van der Waals surface area contributed by atoms with Crippen molar-refractivity contribution in [1.29, 1.82) is 0 Å². The molecular weight excluding hydrogens is 652 g/mol. The van der Waals surface area contributed by atoms with Gasteiger partial charge in [0.1, 0.15) is 4.70 Å². The molecular formula is C29H24ClN2O7S4-. The summed E-state index contributed by atoms with van der Waals surface area (Å²) < 4.78 is 78.3. The molecule has 0 N–H and O–H groups in total. The summed E-state index contributed by atoms with van der Waals surface area (Å²) in [6, 6.07) is 19.4. The van der Waals surface area contributed by atoms with E-state index in [-0.39, 0.29) is 25.9 Å². The van der Waals surface area contributed by atoms with Gasteiger partial charge < -0.3 is 18.7 Å². The quantitative estimate of drug-likeness (QED) is 0.134. The lowest BCUT2D eigenvalue weighted by molar-refractivity contribution is -0.668. The van der Waals surface area contributed by atoms with Gasteiger partial charge in [-0.3, -0.25) is 0 Å². The Balaban J connectivity index is 1.41. The van der Waals surface area contributed by atoms with E-state index in [0.717, 1.165) is 37.1 Å². The smallest absolute Gasteiger partial charge is 0.268 e. The number of ether oxygens (including phenoxy) is 1. The number of rotatable bonds is 10. The van der Waals surface area contributed by atoms with Crippen LogP contribution in [0.15, 0.2) is 71.9 Å². The fraction of sp³-hybridized carbons (Fsp3) is 0.207. The molecule has 0 atom stereocenters. The SMILES string of the molecule is O=S(=O)([O-])CCCN1/C(=C/c2sc3ccc(Cl)cc3[n+]2CCCS(=O)(=O)[O-])Oc2ccc(-c3csc4ccccc34)cc21. The minimum atomic E-state index is -4.41. The number of fused-ring (bicyclic) bond motifs is 3. The molecule has 224 valence electrons. The molecule has 3 heterocycles. The van der Waals surface area contributed by atoms with Crippen LogP contribution in [0.4, 0.5) is 5.69 Å². The molecule has 9 nitrogen and oxygen atoms in total. The highest BCUT2D eigenvalue weighted by molar-refractivity contribution is 7.85. The van der Waals surface area contributed by atoms with E-state index in [2.05, 4.69) is 17.5 Å². The first-order chi connectivity index (χ1) is 20.4. The predicted octanol–water partition coefficient (Wildman–Crippen LogP) is 5.79. The van der Waals surface area contributed by atoms with Crippen molar-refractivity contribution in [2.24, 2.45) is 0 Å². The van der Waals surface area contributed by atoms with Crippen LogP contribution in [0.2, 0.25) is 5.02 Å². The first-order valence-electron chi connectivity index (χ1n) is 13.2. The highest BCUT2D eigenvalue weighted by atomic mass is 35.5. The molecule has 0 amide bonds. The lowest BCUT2D eigenvalue weighted by Crippen LogP contribution is -2.36. The lowest BCUT2D eigenvalue weighted by Gasteiger charge is -2.19. The molecule has 14 heteroatoms. The maximum Gasteiger partial charge on any atom is 0.268 e. The van der Waals surface area contributed by atoms with Crippen LogP contribution in [0.25, 0.3) is 37.5 Å². The van der Waals surface area contributed by atoms with Gasteiger partial charge in [0.05, 0.1) is 32.0 Å². The van der Waals surface area contributed by atoms with Gasteiger partial charge in [-0.15, -0.1) is 11.3 Å². The van der Waals surface area contributed by atoms with Crippen molar-refractivity contribution >= 4 is 86.6 Å². The first-order valence-corrected chi connectivity index (χ1v) is 18.4. The van der Waals surface area contributed by atoms with Crippen LogP contribution in [-0.2, 0) is 26.8 Å². The van der Waals surface area contributed by atoms with Crippen molar-refractivity contribution in [3.8, 4) is 16.9 Å². The number of benzene rings is 3. The number of aromatic nitrogens is 1. The number of anilines is 1. The molecule has 43 heavy (non-hydrogen) atoms. The van der Waals surface area contributed by atoms with Crippen LogP contribution in [-0.4, -0.2) is 44.0 Å². The average molecular weight is 676 g/mol. The Morgan fingerprint density at radius 3 is 2.49 bits per heavy atom. The second kappa shape index (κ2) is 11.8. The number of hydrogen-bond acceptors (Lipinski definition) is 10. The Kier molecular flexibility index (Phi) is 8.24. The van der Waals surface area contributed by atoms with Gasteiger partial charge in [0, 0.05) is 51.2 Å². The molecule has 0 saturated heterocycles. The molecule has 0 fully saturated rings. The van der Waals surface area contributed by atoms with Crippen LogP contribution >= 0.6 is 34.3 Å². The third-order valence-corrected chi connectivity index (χ3v) is 10.9. The first kappa shape index (κ1) is 30.0. The van der Waals surface area contributed by atoms with Crippen LogP contribution in [0, 0.1) is 0 Å². The summed E-state index contributed by atoms with van der Waals surface area (Å²) in [5, 5.41) is 4.44. The second-order valence-corrected chi connectivity index (χ2v) is 15.5. The normalized spacial score (nSPS) is 14.6. The van der Waals surface area contributed by atoms with Crippen molar-refractivity contribution < 1.29 is 35.2 Å². The van der Waals surface area contributed by atoms with Crippen molar-refractivity contribution in [2.75, 3.05) is 23.0 Å². The van der Waals surface area contributed by atoms with Crippen LogP contribution in [0.5, 0.6) is 5.75 Å². The van der Waals surface area contributed by atoms with E-state index < -0.39 is 31.7 Å². The average Bonchev–Trinajstić information content (AvgIpc) is 3.61. The van der Waals surface area contributed by atoms with Crippen molar-refractivity contribution in [2.45, 2.75) is 19.4 Å². The van der Waals surface area contributed by atoms with Crippen LogP contribution in [0.1, 0.15) is 17.8 Å². The number of aryl methyl sites for hydroxylation is 1.